The molecule has 19 heavy (non-hydrogen) atoms. The fraction of sp³-hybridized carbons (Fsp3) is 1.00. The Kier molecular flexibility index (Phi) is 5.70. The average molecular weight is 266 g/mol. The smallest absolute Gasteiger partial charge is 0.0334 e. The van der Waals surface area contributed by atoms with Crippen molar-refractivity contribution in [2.75, 3.05) is 13.1 Å². The second-order valence-corrected chi connectivity index (χ2v) is 7.10. The van der Waals surface area contributed by atoms with Crippen molar-refractivity contribution in [2.24, 2.45) is 11.7 Å². The van der Waals surface area contributed by atoms with E-state index in [0.29, 0.717) is 5.54 Å². The molecule has 2 nitrogen and oxygen atoms in total. The zero-order valence-electron chi connectivity index (χ0n) is 13.2. The Bertz CT molecular complexity index is 264. The molecule has 2 heteroatoms. The van der Waals surface area contributed by atoms with Crippen molar-refractivity contribution >= 4 is 0 Å². The lowest BCUT2D eigenvalue weighted by molar-refractivity contribution is 0.00689. The number of rotatable bonds is 4. The minimum Gasteiger partial charge on any atom is -0.329 e. The van der Waals surface area contributed by atoms with Gasteiger partial charge in [-0.25, -0.2) is 0 Å². The zero-order chi connectivity index (χ0) is 13.7. The third kappa shape index (κ3) is 3.52. The van der Waals surface area contributed by atoms with E-state index in [0.717, 1.165) is 18.5 Å². The highest BCUT2D eigenvalue weighted by Crippen LogP contribution is 2.38. The highest BCUT2D eigenvalue weighted by molar-refractivity contribution is 4.97. The molecular weight excluding hydrogens is 232 g/mol. The Morgan fingerprint density at radius 3 is 2.68 bits per heavy atom. The molecule has 1 aliphatic heterocycles. The van der Waals surface area contributed by atoms with Crippen molar-refractivity contribution in [1.82, 2.24) is 4.90 Å². The molecule has 0 bridgehead atoms. The molecule has 0 aromatic heterocycles. The van der Waals surface area contributed by atoms with Gasteiger partial charge in [-0.1, -0.05) is 39.5 Å². The molecule has 0 aromatic rings. The molecule has 3 unspecified atom stereocenters. The number of likely N-dealkylation sites (tertiary alicyclic amines) is 1. The van der Waals surface area contributed by atoms with Gasteiger partial charge in [0.1, 0.15) is 0 Å². The summed E-state index contributed by atoms with van der Waals surface area (Å²) in [5.41, 5.74) is 6.64. The number of piperidine rings is 1. The minimum atomic E-state index is 0.338. The van der Waals surface area contributed by atoms with Crippen LogP contribution < -0.4 is 5.73 Å². The van der Waals surface area contributed by atoms with Gasteiger partial charge in [0, 0.05) is 18.1 Å². The van der Waals surface area contributed by atoms with Gasteiger partial charge in [0.2, 0.25) is 0 Å². The second kappa shape index (κ2) is 7.08. The van der Waals surface area contributed by atoms with Crippen LogP contribution in [-0.4, -0.2) is 29.6 Å². The van der Waals surface area contributed by atoms with Gasteiger partial charge in [-0.2, -0.15) is 0 Å². The summed E-state index contributed by atoms with van der Waals surface area (Å²) in [7, 11) is 0. The van der Waals surface area contributed by atoms with E-state index < -0.39 is 0 Å². The molecular formula is C17H34N2. The van der Waals surface area contributed by atoms with Crippen LogP contribution in [0.4, 0.5) is 0 Å². The van der Waals surface area contributed by atoms with Crippen LogP contribution in [0, 0.1) is 5.92 Å². The van der Waals surface area contributed by atoms with Crippen molar-refractivity contribution < 1.29 is 0 Å². The predicted molar refractivity (Wildman–Crippen MR) is 83.3 cm³/mol. The summed E-state index contributed by atoms with van der Waals surface area (Å²) >= 11 is 0. The molecule has 0 aromatic carbocycles. The van der Waals surface area contributed by atoms with Crippen molar-refractivity contribution in [2.45, 2.75) is 89.6 Å². The van der Waals surface area contributed by atoms with E-state index in [2.05, 4.69) is 18.7 Å². The van der Waals surface area contributed by atoms with E-state index >= 15 is 0 Å². The van der Waals surface area contributed by atoms with E-state index in [9.17, 15) is 0 Å². The quantitative estimate of drug-likeness (QED) is 0.781. The van der Waals surface area contributed by atoms with E-state index in [1.54, 1.807) is 0 Å². The van der Waals surface area contributed by atoms with Crippen LogP contribution in [0.2, 0.25) is 0 Å². The first-order valence-corrected chi connectivity index (χ1v) is 8.68. The third-order valence-electron chi connectivity index (χ3n) is 5.68. The van der Waals surface area contributed by atoms with Gasteiger partial charge in [-0.05, 0) is 51.0 Å². The minimum absolute atomic E-state index is 0.338. The molecule has 3 atom stereocenters. The molecule has 1 aliphatic carbocycles. The Morgan fingerprint density at radius 2 is 1.95 bits per heavy atom. The summed E-state index contributed by atoms with van der Waals surface area (Å²) in [6.07, 6.45) is 13.8. The Balaban J connectivity index is 2.12. The number of nitrogens with two attached hydrogens (primary N) is 1. The lowest BCUT2D eigenvalue weighted by Gasteiger charge is -2.50. The van der Waals surface area contributed by atoms with Crippen molar-refractivity contribution in [1.29, 1.82) is 0 Å². The van der Waals surface area contributed by atoms with Gasteiger partial charge in [-0.15, -0.1) is 0 Å². The molecule has 2 aliphatic rings. The maximum Gasteiger partial charge on any atom is 0.0334 e. The lowest BCUT2D eigenvalue weighted by Crippen LogP contribution is -2.59. The summed E-state index contributed by atoms with van der Waals surface area (Å²) in [5.74, 6) is 0.905. The molecule has 0 spiro atoms. The monoisotopic (exact) mass is 266 g/mol. The molecule has 0 amide bonds. The maximum atomic E-state index is 6.30. The molecule has 1 heterocycles. The van der Waals surface area contributed by atoms with Crippen LogP contribution in [-0.2, 0) is 0 Å². The Hall–Kier alpha value is -0.0800. The normalized spacial score (nSPS) is 38.1. The molecule has 112 valence electrons. The summed E-state index contributed by atoms with van der Waals surface area (Å²) < 4.78 is 0. The second-order valence-electron chi connectivity index (χ2n) is 7.10. The average Bonchev–Trinajstić information content (AvgIpc) is 2.63. The first-order chi connectivity index (χ1) is 9.22. The third-order valence-corrected chi connectivity index (χ3v) is 5.68. The lowest BCUT2D eigenvalue weighted by atomic mass is 9.83. The first kappa shape index (κ1) is 15.3. The SMILES string of the molecule is CCCC1CCCCN1C1(CN)CCCC(C)CC1. The molecule has 2 rings (SSSR count). The van der Waals surface area contributed by atoms with Gasteiger partial charge in [0.05, 0.1) is 0 Å². The highest BCUT2D eigenvalue weighted by Gasteiger charge is 2.40. The summed E-state index contributed by atoms with van der Waals surface area (Å²) in [5, 5.41) is 0. The van der Waals surface area contributed by atoms with Gasteiger partial charge in [0.25, 0.3) is 0 Å². The standard InChI is InChI=1S/C17H34N2/c1-3-7-16-9-4-5-13-19(16)17(14-18)11-6-8-15(2)10-12-17/h15-16H,3-14,18H2,1-2H3. The van der Waals surface area contributed by atoms with E-state index in [1.807, 2.05) is 0 Å². The summed E-state index contributed by atoms with van der Waals surface area (Å²) in [6.45, 7) is 6.93. The fourth-order valence-electron chi connectivity index (χ4n) is 4.43. The van der Waals surface area contributed by atoms with Crippen molar-refractivity contribution in [3.05, 3.63) is 0 Å². The predicted octanol–water partition coefficient (Wildman–Crippen LogP) is 3.94. The van der Waals surface area contributed by atoms with E-state index in [4.69, 9.17) is 5.73 Å². The summed E-state index contributed by atoms with van der Waals surface area (Å²) in [6, 6.07) is 0.815. The Labute approximate surface area is 120 Å². The fourth-order valence-corrected chi connectivity index (χ4v) is 4.43. The van der Waals surface area contributed by atoms with Gasteiger partial charge in [-0.3, -0.25) is 4.90 Å². The largest absolute Gasteiger partial charge is 0.329 e. The molecule has 0 radical (unpaired) electrons. The molecule has 1 saturated carbocycles. The van der Waals surface area contributed by atoms with Crippen LogP contribution in [0.3, 0.4) is 0 Å². The van der Waals surface area contributed by atoms with Gasteiger partial charge < -0.3 is 5.73 Å². The van der Waals surface area contributed by atoms with Crippen LogP contribution >= 0.6 is 0 Å². The van der Waals surface area contributed by atoms with Gasteiger partial charge in [0.15, 0.2) is 0 Å². The highest BCUT2D eigenvalue weighted by atomic mass is 15.2. The molecule has 2 N–H and O–H groups in total. The van der Waals surface area contributed by atoms with Gasteiger partial charge >= 0.3 is 0 Å². The van der Waals surface area contributed by atoms with Crippen molar-refractivity contribution in [3.8, 4) is 0 Å². The van der Waals surface area contributed by atoms with Crippen LogP contribution in [0.5, 0.6) is 0 Å². The number of hydrogen-bond acceptors (Lipinski definition) is 2. The maximum absolute atomic E-state index is 6.30. The van der Waals surface area contributed by atoms with Crippen LogP contribution in [0.15, 0.2) is 0 Å². The van der Waals surface area contributed by atoms with E-state index in [-0.39, 0.29) is 0 Å². The van der Waals surface area contributed by atoms with Crippen molar-refractivity contribution in [3.63, 3.8) is 0 Å². The number of hydrogen-bond donors (Lipinski definition) is 1. The van der Waals surface area contributed by atoms with Crippen LogP contribution in [0.1, 0.15) is 78.1 Å². The zero-order valence-corrected chi connectivity index (χ0v) is 13.2. The van der Waals surface area contributed by atoms with E-state index in [1.165, 1.54) is 70.8 Å². The number of nitrogens with zero attached hydrogens (tertiary/aromatic N) is 1. The first-order valence-electron chi connectivity index (χ1n) is 8.68. The van der Waals surface area contributed by atoms with Crippen LogP contribution in [0.25, 0.3) is 0 Å². The molecule has 1 saturated heterocycles. The topological polar surface area (TPSA) is 29.3 Å². The Morgan fingerprint density at radius 1 is 1.11 bits per heavy atom. The summed E-state index contributed by atoms with van der Waals surface area (Å²) in [4.78, 5) is 2.86. The molecule has 2 fully saturated rings.